The van der Waals surface area contributed by atoms with Gasteiger partial charge in [-0.05, 0) is 121 Å². The van der Waals surface area contributed by atoms with Crippen LogP contribution in [0.2, 0.25) is 0 Å². The Kier molecular flexibility index (Phi) is 27.9. The first kappa shape index (κ1) is 60.4. The summed E-state index contributed by atoms with van der Waals surface area (Å²) in [6.45, 7) is 15.0. The van der Waals surface area contributed by atoms with Crippen LogP contribution in [0.5, 0.6) is 0 Å². The summed E-state index contributed by atoms with van der Waals surface area (Å²) in [6.07, 6.45) is 43.0. The second kappa shape index (κ2) is 34.2. The van der Waals surface area contributed by atoms with Gasteiger partial charge < -0.3 is 9.80 Å². The van der Waals surface area contributed by atoms with E-state index in [0.29, 0.717) is 36.1 Å². The van der Waals surface area contributed by atoms with Crippen LogP contribution in [0.25, 0.3) is 30.9 Å². The molecule has 4 aromatic heterocycles. The number of aryl methyl sites for hydroxylation is 2. The standard InChI is InChI=1S/C66H100N2O2S4/c1-7-13-19-21-23-25-27-29-31-33-39-53-45-59(71-49-53)55-41-43-57(73-55)63-61-62(66(70)67(63)47-51(35-15-9-3)36-16-10-4)64(68(65(61)69)48-52(37-17-11-5)38-18-12-6)58-44-42-56(74-58)60-46-54(50-72-60)40-34-32-30-28-26-24-22-20-14-8-2/h41-46,49-52H,7-40,47-48H2,1-6H3. The molecule has 0 fully saturated rings. The van der Waals surface area contributed by atoms with Crippen molar-refractivity contribution in [2.45, 2.75) is 260 Å². The third-order valence-electron chi connectivity index (χ3n) is 16.0. The first-order chi connectivity index (χ1) is 36.3. The number of carbonyl (C=O) groups is 2. The first-order valence-electron chi connectivity index (χ1n) is 30.8. The second-order valence-electron chi connectivity index (χ2n) is 22.4. The summed E-state index contributed by atoms with van der Waals surface area (Å²) >= 11 is 7.26. The summed E-state index contributed by atoms with van der Waals surface area (Å²) in [6, 6.07) is 13.8. The van der Waals surface area contributed by atoms with Crippen LogP contribution in [0.15, 0.2) is 58.3 Å². The van der Waals surface area contributed by atoms with Gasteiger partial charge in [0.2, 0.25) is 0 Å². The monoisotopic (exact) mass is 1080 g/mol. The summed E-state index contributed by atoms with van der Waals surface area (Å²) in [4.78, 5) is 42.7. The van der Waals surface area contributed by atoms with E-state index in [2.05, 4.69) is 98.5 Å². The molecule has 6 rings (SSSR count). The van der Waals surface area contributed by atoms with E-state index in [9.17, 15) is 0 Å². The van der Waals surface area contributed by atoms with E-state index >= 15 is 9.59 Å². The Hall–Kier alpha value is -2.78. The number of hydrogen-bond acceptors (Lipinski definition) is 6. The van der Waals surface area contributed by atoms with Crippen LogP contribution in [0, 0.1) is 11.8 Å². The molecular weight excluding hydrogens is 981 g/mol. The molecule has 0 spiro atoms. The van der Waals surface area contributed by atoms with Gasteiger partial charge in [-0.25, -0.2) is 0 Å². The number of hydrogen-bond donors (Lipinski definition) is 0. The van der Waals surface area contributed by atoms with Crippen molar-refractivity contribution in [2.75, 3.05) is 13.1 Å². The van der Waals surface area contributed by atoms with Gasteiger partial charge in [0, 0.05) is 32.6 Å². The summed E-state index contributed by atoms with van der Waals surface area (Å²) in [5.41, 5.74) is 5.94. The number of amides is 2. The van der Waals surface area contributed by atoms with E-state index in [1.54, 1.807) is 22.7 Å². The van der Waals surface area contributed by atoms with Crippen LogP contribution in [0.1, 0.15) is 268 Å². The molecule has 0 bridgehead atoms. The Morgan fingerprint density at radius 1 is 0.365 bits per heavy atom. The maximum absolute atomic E-state index is 15.7. The lowest BCUT2D eigenvalue weighted by Gasteiger charge is -2.29. The molecule has 0 unspecified atom stereocenters. The lowest BCUT2D eigenvalue weighted by Crippen LogP contribution is -2.34. The zero-order valence-electron chi connectivity index (χ0n) is 47.6. The molecule has 2 aliphatic heterocycles. The van der Waals surface area contributed by atoms with Gasteiger partial charge in [0.25, 0.3) is 11.8 Å². The number of nitrogens with zero attached hydrogens (tertiary/aromatic N) is 2. The van der Waals surface area contributed by atoms with Crippen LogP contribution < -0.4 is 0 Å². The molecule has 0 atom stereocenters. The highest BCUT2D eigenvalue weighted by molar-refractivity contribution is 7.22. The minimum atomic E-state index is 0.0345. The molecule has 2 aliphatic rings. The van der Waals surface area contributed by atoms with Crippen molar-refractivity contribution in [1.82, 2.24) is 9.80 Å². The number of unbranched alkanes of at least 4 members (excludes halogenated alkanes) is 22. The van der Waals surface area contributed by atoms with Crippen molar-refractivity contribution in [3.8, 4) is 19.5 Å². The highest BCUT2D eigenvalue weighted by Crippen LogP contribution is 2.51. The van der Waals surface area contributed by atoms with Gasteiger partial charge in [-0.1, -0.05) is 208 Å². The molecule has 0 aromatic carbocycles. The zero-order valence-corrected chi connectivity index (χ0v) is 50.8. The second-order valence-corrected chi connectivity index (χ2v) is 26.4. The Balaban J connectivity index is 1.28. The third-order valence-corrected chi connectivity index (χ3v) is 20.6. The van der Waals surface area contributed by atoms with Gasteiger partial charge in [0.15, 0.2) is 0 Å². The lowest BCUT2D eigenvalue weighted by molar-refractivity contribution is -0.124. The Morgan fingerprint density at radius 2 is 0.662 bits per heavy atom. The van der Waals surface area contributed by atoms with Crippen LogP contribution in [0.4, 0.5) is 0 Å². The SMILES string of the molecule is CCCCCCCCCCCCc1csc(-c2ccc(C3=C4C(=O)N(CC(CCCC)CCCC)C(c5ccc(-c6cc(CCCCCCCCCCCC)cs6)s5)=C4C(=O)N3CC(CCCC)CCCC)s2)c1. The lowest BCUT2D eigenvalue weighted by atomic mass is 9.95. The van der Waals surface area contributed by atoms with Crippen molar-refractivity contribution in [3.05, 3.63) is 79.2 Å². The molecule has 0 aliphatic carbocycles. The van der Waals surface area contributed by atoms with E-state index < -0.39 is 0 Å². The topological polar surface area (TPSA) is 40.6 Å². The predicted octanol–water partition coefficient (Wildman–Crippen LogP) is 22.0. The van der Waals surface area contributed by atoms with Crippen LogP contribution in [0.3, 0.4) is 0 Å². The zero-order chi connectivity index (χ0) is 52.3. The highest BCUT2D eigenvalue weighted by Gasteiger charge is 2.50. The Labute approximate surface area is 468 Å². The van der Waals surface area contributed by atoms with Crippen molar-refractivity contribution in [3.63, 3.8) is 0 Å². The molecule has 0 saturated carbocycles. The van der Waals surface area contributed by atoms with Gasteiger partial charge >= 0.3 is 0 Å². The van der Waals surface area contributed by atoms with Gasteiger partial charge in [0.1, 0.15) is 0 Å². The van der Waals surface area contributed by atoms with Crippen LogP contribution in [-0.2, 0) is 22.4 Å². The molecule has 410 valence electrons. The summed E-state index contributed by atoms with van der Waals surface area (Å²) in [7, 11) is 0. The van der Waals surface area contributed by atoms with E-state index in [0.717, 1.165) is 111 Å². The third kappa shape index (κ3) is 18.2. The number of carbonyl (C=O) groups excluding carboxylic acids is 2. The van der Waals surface area contributed by atoms with Crippen LogP contribution in [-0.4, -0.2) is 34.7 Å². The average Bonchev–Trinajstić information content (AvgIpc) is 4.29. The number of thiophene rings is 4. The Bertz CT molecular complexity index is 2110. The van der Waals surface area contributed by atoms with Crippen molar-refractivity contribution in [1.29, 1.82) is 0 Å². The van der Waals surface area contributed by atoms with Gasteiger partial charge in [0.05, 0.1) is 32.3 Å². The normalized spacial score (nSPS) is 14.0. The molecule has 4 aromatic rings. The highest BCUT2D eigenvalue weighted by atomic mass is 32.1. The molecule has 6 heterocycles. The molecule has 0 N–H and O–H groups in total. The maximum Gasteiger partial charge on any atom is 0.261 e. The van der Waals surface area contributed by atoms with E-state index in [4.69, 9.17) is 0 Å². The van der Waals surface area contributed by atoms with E-state index in [1.165, 1.54) is 159 Å². The van der Waals surface area contributed by atoms with Gasteiger partial charge in [-0.15, -0.1) is 45.3 Å². The average molecular weight is 1080 g/mol. The van der Waals surface area contributed by atoms with Crippen LogP contribution >= 0.6 is 45.3 Å². The molecule has 4 nitrogen and oxygen atoms in total. The molecule has 0 radical (unpaired) electrons. The van der Waals surface area contributed by atoms with E-state index in [-0.39, 0.29) is 11.8 Å². The smallest absolute Gasteiger partial charge is 0.261 e. The van der Waals surface area contributed by atoms with E-state index in [1.807, 2.05) is 22.7 Å². The minimum Gasteiger partial charge on any atom is -0.306 e. The molecule has 2 amide bonds. The largest absolute Gasteiger partial charge is 0.306 e. The molecule has 8 heteroatoms. The van der Waals surface area contributed by atoms with Crippen molar-refractivity contribution in [2.24, 2.45) is 11.8 Å². The first-order valence-corrected chi connectivity index (χ1v) is 34.2. The fourth-order valence-electron chi connectivity index (χ4n) is 11.5. The predicted molar refractivity (Wildman–Crippen MR) is 329 cm³/mol. The molecule has 0 saturated heterocycles. The van der Waals surface area contributed by atoms with Gasteiger partial charge in [-0.3, -0.25) is 9.59 Å². The maximum atomic E-state index is 15.7. The Morgan fingerprint density at radius 3 is 0.986 bits per heavy atom. The van der Waals surface area contributed by atoms with Crippen molar-refractivity contribution >= 4 is 68.6 Å². The summed E-state index contributed by atoms with van der Waals surface area (Å²) in [5.74, 6) is 0.852. The van der Waals surface area contributed by atoms with Crippen molar-refractivity contribution < 1.29 is 9.59 Å². The minimum absolute atomic E-state index is 0.0345. The number of fused-ring (bicyclic) bond motifs is 1. The fraction of sp³-hybridized carbons (Fsp3) is 0.667. The molecular formula is C66H100N2O2S4. The fourth-order valence-corrected chi connectivity index (χ4v) is 15.7. The van der Waals surface area contributed by atoms with Gasteiger partial charge in [-0.2, -0.15) is 0 Å². The quantitative estimate of drug-likeness (QED) is 0.0415. The number of rotatable bonds is 42. The summed E-state index contributed by atoms with van der Waals surface area (Å²) < 4.78 is 0. The summed E-state index contributed by atoms with van der Waals surface area (Å²) in [5, 5.41) is 4.73. The molecule has 74 heavy (non-hydrogen) atoms.